The van der Waals surface area contributed by atoms with Crippen molar-refractivity contribution in [3.8, 4) is 0 Å². The van der Waals surface area contributed by atoms with Gasteiger partial charge < -0.3 is 0 Å². The molecule has 1 rings (SSSR count). The molecule has 0 aliphatic heterocycles. The summed E-state index contributed by atoms with van der Waals surface area (Å²) in [4.78, 5) is 4.08. The summed E-state index contributed by atoms with van der Waals surface area (Å²) in [5, 5.41) is 1.73. The lowest BCUT2D eigenvalue weighted by molar-refractivity contribution is 1.13. The third kappa shape index (κ3) is 2.00. The number of hydrogen-bond donors (Lipinski definition) is 0. The zero-order chi connectivity index (χ0) is 7.56. The Kier molecular flexibility index (Phi) is 3.26. The molecule has 0 saturated heterocycles. The van der Waals surface area contributed by atoms with Crippen LogP contribution in [0.1, 0.15) is 0 Å². The van der Waals surface area contributed by atoms with Crippen LogP contribution in [0, 0.1) is 3.57 Å². The van der Waals surface area contributed by atoms with Crippen LogP contribution in [-0.2, 0) is 0 Å². The van der Waals surface area contributed by atoms with E-state index in [0.29, 0.717) is 0 Å². The van der Waals surface area contributed by atoms with Gasteiger partial charge in [-0.3, -0.25) is 0 Å². The predicted molar refractivity (Wildman–Crippen MR) is 53.7 cm³/mol. The minimum Gasteiger partial charge on any atom is -0.248 e. The van der Waals surface area contributed by atoms with Gasteiger partial charge in [-0.25, -0.2) is 4.98 Å². The van der Waals surface area contributed by atoms with Crippen LogP contribution in [-0.4, -0.2) is 11.2 Å². The third-order valence-electron chi connectivity index (χ3n) is 0.993. The van der Waals surface area contributed by atoms with E-state index in [-0.39, 0.29) is 0 Å². The van der Waals surface area contributed by atoms with Gasteiger partial charge in [0, 0.05) is 9.77 Å². The van der Waals surface area contributed by atoms with Gasteiger partial charge in [0.1, 0.15) is 0 Å². The first-order valence-electron chi connectivity index (χ1n) is 2.59. The molecular weight excluding hydrogens is 280 g/mol. The Bertz CT molecular complexity index is 241. The van der Waals surface area contributed by atoms with Crippen molar-refractivity contribution in [2.75, 3.05) is 6.26 Å². The molecule has 0 fully saturated rings. The summed E-state index contributed by atoms with van der Waals surface area (Å²) in [5.74, 6) is 0. The summed E-state index contributed by atoms with van der Waals surface area (Å²) in [5.41, 5.74) is 0. The smallest absolute Gasteiger partial charge is 0.0968 e. The maximum atomic E-state index is 5.76. The largest absolute Gasteiger partial charge is 0.248 e. The highest BCUT2D eigenvalue weighted by molar-refractivity contribution is 14.1. The van der Waals surface area contributed by atoms with Gasteiger partial charge in [-0.1, -0.05) is 11.6 Å². The zero-order valence-electron chi connectivity index (χ0n) is 5.27. The normalized spacial score (nSPS) is 9.90. The van der Waals surface area contributed by atoms with Crippen LogP contribution in [0.4, 0.5) is 0 Å². The van der Waals surface area contributed by atoms with Gasteiger partial charge in [0.2, 0.25) is 0 Å². The maximum Gasteiger partial charge on any atom is 0.0968 e. The predicted octanol–water partition coefficient (Wildman–Crippen LogP) is 3.06. The number of aromatic nitrogens is 1. The highest BCUT2D eigenvalue weighted by atomic mass is 127. The second-order valence-corrected chi connectivity index (χ2v) is 4.04. The fourth-order valence-electron chi connectivity index (χ4n) is 0.508. The third-order valence-corrected chi connectivity index (χ3v) is 3.15. The van der Waals surface area contributed by atoms with Crippen LogP contribution in [0.2, 0.25) is 5.02 Å². The maximum absolute atomic E-state index is 5.76. The quantitative estimate of drug-likeness (QED) is 0.581. The van der Waals surface area contributed by atoms with E-state index in [1.54, 1.807) is 18.0 Å². The molecule has 0 aliphatic rings. The summed E-state index contributed by atoms with van der Waals surface area (Å²) in [7, 11) is 0. The van der Waals surface area contributed by atoms with Crippen LogP contribution in [0.15, 0.2) is 17.3 Å². The van der Waals surface area contributed by atoms with Crippen molar-refractivity contribution in [1.82, 2.24) is 4.98 Å². The van der Waals surface area contributed by atoms with Crippen LogP contribution >= 0.6 is 46.0 Å². The molecule has 0 radical (unpaired) electrons. The SMILES string of the molecule is CSc1cc(I)c(Cl)cn1. The first kappa shape index (κ1) is 8.62. The fraction of sp³-hybridized carbons (Fsp3) is 0.167. The van der Waals surface area contributed by atoms with Crippen LogP contribution < -0.4 is 0 Å². The minimum absolute atomic E-state index is 0.721. The van der Waals surface area contributed by atoms with Crippen LogP contribution in [0.5, 0.6) is 0 Å². The number of nitrogens with zero attached hydrogens (tertiary/aromatic N) is 1. The Morgan fingerprint density at radius 1 is 1.70 bits per heavy atom. The van der Waals surface area contributed by atoms with E-state index in [0.717, 1.165) is 13.6 Å². The summed E-state index contributed by atoms with van der Waals surface area (Å²) in [6.45, 7) is 0. The Hall–Kier alpha value is 0.520. The summed E-state index contributed by atoms with van der Waals surface area (Å²) < 4.78 is 1.05. The summed E-state index contributed by atoms with van der Waals surface area (Å²) >= 11 is 9.56. The zero-order valence-corrected chi connectivity index (χ0v) is 9.00. The van der Waals surface area contributed by atoms with Crippen molar-refractivity contribution >= 4 is 46.0 Å². The van der Waals surface area contributed by atoms with E-state index in [1.807, 2.05) is 12.3 Å². The number of hydrogen-bond acceptors (Lipinski definition) is 2. The molecule has 0 spiro atoms. The van der Waals surface area contributed by atoms with E-state index in [2.05, 4.69) is 27.6 Å². The van der Waals surface area contributed by atoms with Crippen molar-refractivity contribution in [3.63, 3.8) is 0 Å². The fourth-order valence-corrected chi connectivity index (χ4v) is 1.65. The Labute approximate surface area is 82.7 Å². The van der Waals surface area contributed by atoms with Crippen LogP contribution in [0.25, 0.3) is 0 Å². The molecule has 1 heterocycles. The molecule has 0 amide bonds. The molecule has 0 N–H and O–H groups in total. The van der Waals surface area contributed by atoms with E-state index < -0.39 is 0 Å². The Balaban J connectivity index is 3.04. The van der Waals surface area contributed by atoms with Crippen molar-refractivity contribution in [3.05, 3.63) is 20.9 Å². The first-order chi connectivity index (χ1) is 4.74. The average molecular weight is 286 g/mol. The van der Waals surface area contributed by atoms with Gasteiger partial charge in [-0.2, -0.15) is 0 Å². The molecule has 4 heteroatoms. The molecule has 1 nitrogen and oxygen atoms in total. The average Bonchev–Trinajstić information content (AvgIpc) is 1.95. The van der Waals surface area contributed by atoms with E-state index in [9.17, 15) is 0 Å². The van der Waals surface area contributed by atoms with Gasteiger partial charge >= 0.3 is 0 Å². The minimum atomic E-state index is 0.721. The lowest BCUT2D eigenvalue weighted by Gasteiger charge is -1.96. The van der Waals surface area contributed by atoms with E-state index in [4.69, 9.17) is 11.6 Å². The second-order valence-electron chi connectivity index (χ2n) is 1.64. The van der Waals surface area contributed by atoms with Gasteiger partial charge in [0.25, 0.3) is 0 Å². The van der Waals surface area contributed by atoms with Gasteiger partial charge in [0.05, 0.1) is 10.0 Å². The second kappa shape index (κ2) is 3.78. The van der Waals surface area contributed by atoms with Crippen molar-refractivity contribution in [2.24, 2.45) is 0 Å². The van der Waals surface area contributed by atoms with E-state index >= 15 is 0 Å². The van der Waals surface area contributed by atoms with Gasteiger partial charge in [-0.15, -0.1) is 11.8 Å². The molecule has 54 valence electrons. The van der Waals surface area contributed by atoms with Crippen molar-refractivity contribution in [2.45, 2.75) is 5.03 Å². The standard InChI is InChI=1S/C6H5ClINS/c1-10-6-2-5(8)4(7)3-9-6/h2-3H,1H3. The monoisotopic (exact) mass is 285 g/mol. The Morgan fingerprint density at radius 2 is 2.40 bits per heavy atom. The Morgan fingerprint density at radius 3 is 2.90 bits per heavy atom. The number of thioether (sulfide) groups is 1. The molecular formula is C6H5ClINS. The molecule has 0 saturated carbocycles. The van der Waals surface area contributed by atoms with Gasteiger partial charge in [-0.05, 0) is 34.9 Å². The molecule has 0 aliphatic carbocycles. The van der Waals surface area contributed by atoms with Crippen molar-refractivity contribution < 1.29 is 0 Å². The number of rotatable bonds is 1. The summed E-state index contributed by atoms with van der Waals surface area (Å²) in [6, 6.07) is 1.97. The highest BCUT2D eigenvalue weighted by Gasteiger charge is 1.97. The van der Waals surface area contributed by atoms with E-state index in [1.165, 1.54) is 0 Å². The number of pyridine rings is 1. The molecule has 1 aromatic heterocycles. The highest BCUT2D eigenvalue weighted by Crippen LogP contribution is 2.21. The van der Waals surface area contributed by atoms with Crippen molar-refractivity contribution in [1.29, 1.82) is 0 Å². The molecule has 10 heavy (non-hydrogen) atoms. The topological polar surface area (TPSA) is 12.9 Å². The molecule has 0 unspecified atom stereocenters. The molecule has 1 aromatic rings. The number of halogens is 2. The summed E-state index contributed by atoms with van der Waals surface area (Å²) in [6.07, 6.45) is 3.67. The first-order valence-corrected chi connectivity index (χ1v) is 5.27. The molecule has 0 atom stereocenters. The van der Waals surface area contributed by atoms with Crippen LogP contribution in [0.3, 0.4) is 0 Å². The molecule has 0 bridgehead atoms. The lowest BCUT2D eigenvalue weighted by atomic mass is 10.5. The van der Waals surface area contributed by atoms with Gasteiger partial charge in [0.15, 0.2) is 0 Å². The molecule has 0 aromatic carbocycles. The lowest BCUT2D eigenvalue weighted by Crippen LogP contribution is -1.80.